The van der Waals surface area contributed by atoms with Crippen molar-refractivity contribution in [2.24, 2.45) is 0 Å². The van der Waals surface area contributed by atoms with Crippen molar-refractivity contribution in [2.45, 2.75) is 64.1 Å². The van der Waals surface area contributed by atoms with E-state index in [-0.39, 0.29) is 24.1 Å². The van der Waals surface area contributed by atoms with Crippen LogP contribution in [0.3, 0.4) is 0 Å². The molecule has 0 radical (unpaired) electrons. The maximum absolute atomic E-state index is 12.9. The van der Waals surface area contributed by atoms with Gasteiger partial charge >= 0.3 is 5.69 Å². The Morgan fingerprint density at radius 2 is 1.97 bits per heavy atom. The molecule has 2 aromatic rings. The molecule has 2 heterocycles. The van der Waals surface area contributed by atoms with Gasteiger partial charge in [-0.1, -0.05) is 30.7 Å². The fourth-order valence-electron chi connectivity index (χ4n) is 4.51. The zero-order valence-corrected chi connectivity index (χ0v) is 16.3. The first-order valence-electron chi connectivity index (χ1n) is 10.2. The van der Waals surface area contributed by atoms with Gasteiger partial charge in [0.25, 0.3) is 5.56 Å². The van der Waals surface area contributed by atoms with Crippen molar-refractivity contribution in [1.82, 2.24) is 14.5 Å². The lowest BCUT2D eigenvalue weighted by atomic mass is 9.88. The van der Waals surface area contributed by atoms with E-state index in [4.69, 9.17) is 0 Å². The number of amides is 1. The number of fused-ring (bicyclic) bond motifs is 2. The standard InChI is InChI=1S/C22H24N4O3/c23-13-17-19-11-2-1-5-12-25(19)22(29)26(21(17)28)14-20(27)24-18-10-6-8-15-7-3-4-9-16(15)18/h3-4,7,9,18H,1-2,5-6,8,10-12,14H2,(H,24,27)/t18-/m1/s1. The fraction of sp³-hybridized carbons (Fsp3) is 0.455. The number of rotatable bonds is 3. The SMILES string of the molecule is N#Cc1c2n(c(=O)n(CC(=O)N[C@@H]3CCCc4ccccc43)c1=O)CCCCC2. The summed E-state index contributed by atoms with van der Waals surface area (Å²) in [4.78, 5) is 38.4. The molecule has 0 bridgehead atoms. The van der Waals surface area contributed by atoms with Crippen LogP contribution >= 0.6 is 0 Å². The number of aryl methyl sites for hydroxylation is 1. The van der Waals surface area contributed by atoms with E-state index < -0.39 is 11.2 Å². The molecule has 7 nitrogen and oxygen atoms in total. The van der Waals surface area contributed by atoms with Crippen LogP contribution in [0.1, 0.15) is 60.5 Å². The average molecular weight is 392 g/mol. The van der Waals surface area contributed by atoms with Crippen molar-refractivity contribution >= 4 is 5.91 Å². The molecule has 1 aliphatic carbocycles. The number of nitriles is 1. The maximum Gasteiger partial charge on any atom is 0.331 e. The van der Waals surface area contributed by atoms with Crippen LogP contribution in [0.5, 0.6) is 0 Å². The molecule has 1 aromatic heterocycles. The zero-order chi connectivity index (χ0) is 20.4. The van der Waals surface area contributed by atoms with Crippen molar-refractivity contribution in [3.05, 3.63) is 67.5 Å². The van der Waals surface area contributed by atoms with Gasteiger partial charge in [-0.15, -0.1) is 0 Å². The summed E-state index contributed by atoms with van der Waals surface area (Å²) in [5, 5.41) is 12.5. The second-order valence-electron chi connectivity index (χ2n) is 7.78. The highest BCUT2D eigenvalue weighted by Gasteiger charge is 2.24. The van der Waals surface area contributed by atoms with E-state index in [2.05, 4.69) is 11.4 Å². The zero-order valence-electron chi connectivity index (χ0n) is 16.3. The Labute approximate surface area is 168 Å². The topological polar surface area (TPSA) is 96.9 Å². The molecule has 0 saturated heterocycles. The highest BCUT2D eigenvalue weighted by Crippen LogP contribution is 2.29. The second kappa shape index (κ2) is 8.08. The largest absolute Gasteiger partial charge is 0.348 e. The summed E-state index contributed by atoms with van der Waals surface area (Å²) in [5.41, 5.74) is 1.66. The first-order chi connectivity index (χ1) is 14.1. The van der Waals surface area contributed by atoms with E-state index in [0.29, 0.717) is 18.7 Å². The summed E-state index contributed by atoms with van der Waals surface area (Å²) < 4.78 is 2.42. The van der Waals surface area contributed by atoms with Crippen molar-refractivity contribution in [2.75, 3.05) is 0 Å². The van der Waals surface area contributed by atoms with Crippen LogP contribution in [-0.2, 0) is 30.7 Å². The maximum atomic E-state index is 12.9. The Hall–Kier alpha value is -3.14. The highest BCUT2D eigenvalue weighted by molar-refractivity contribution is 5.76. The van der Waals surface area contributed by atoms with Gasteiger partial charge in [0, 0.05) is 12.2 Å². The van der Waals surface area contributed by atoms with E-state index in [1.807, 2.05) is 24.3 Å². The summed E-state index contributed by atoms with van der Waals surface area (Å²) in [6.45, 7) is 0.103. The minimum Gasteiger partial charge on any atom is -0.348 e. The number of carbonyl (C=O) groups is 1. The minimum absolute atomic E-state index is 0.0117. The van der Waals surface area contributed by atoms with Gasteiger partial charge in [-0.05, 0) is 49.7 Å². The summed E-state index contributed by atoms with van der Waals surface area (Å²) >= 11 is 0. The van der Waals surface area contributed by atoms with Gasteiger partial charge in [-0.25, -0.2) is 9.36 Å². The molecular formula is C22H24N4O3. The van der Waals surface area contributed by atoms with Crippen LogP contribution in [0.15, 0.2) is 33.9 Å². The van der Waals surface area contributed by atoms with Crippen molar-refractivity contribution in [3.63, 3.8) is 0 Å². The lowest BCUT2D eigenvalue weighted by molar-refractivity contribution is -0.122. The van der Waals surface area contributed by atoms with Gasteiger partial charge in [-0.2, -0.15) is 5.26 Å². The van der Waals surface area contributed by atoms with E-state index >= 15 is 0 Å². The number of hydrogen-bond acceptors (Lipinski definition) is 4. The number of benzene rings is 1. The molecule has 150 valence electrons. The average Bonchev–Trinajstić information content (AvgIpc) is 2.98. The Balaban J connectivity index is 1.63. The molecule has 4 rings (SSSR count). The number of nitrogens with zero attached hydrogens (tertiary/aromatic N) is 3. The normalized spacial score (nSPS) is 18.1. The summed E-state index contributed by atoms with van der Waals surface area (Å²) in [6, 6.07) is 9.85. The van der Waals surface area contributed by atoms with Crippen LogP contribution in [-0.4, -0.2) is 15.0 Å². The first-order valence-corrected chi connectivity index (χ1v) is 10.2. The smallest absolute Gasteiger partial charge is 0.331 e. The lowest BCUT2D eigenvalue weighted by Gasteiger charge is -2.26. The Morgan fingerprint density at radius 3 is 2.79 bits per heavy atom. The minimum atomic E-state index is -0.662. The van der Waals surface area contributed by atoms with Gasteiger partial charge in [0.2, 0.25) is 5.91 Å². The molecule has 29 heavy (non-hydrogen) atoms. The summed E-state index contributed by atoms with van der Waals surface area (Å²) in [6.07, 6.45) is 5.94. The Kier molecular flexibility index (Phi) is 5.34. The fourth-order valence-corrected chi connectivity index (χ4v) is 4.51. The van der Waals surface area contributed by atoms with Gasteiger partial charge in [0.1, 0.15) is 18.2 Å². The van der Waals surface area contributed by atoms with Crippen LogP contribution in [0, 0.1) is 11.3 Å². The van der Waals surface area contributed by atoms with Crippen LogP contribution < -0.4 is 16.6 Å². The van der Waals surface area contributed by atoms with E-state index in [1.165, 1.54) is 10.1 Å². The van der Waals surface area contributed by atoms with Gasteiger partial charge in [-0.3, -0.25) is 14.2 Å². The predicted octanol–water partition coefficient (Wildman–Crippen LogP) is 1.80. The van der Waals surface area contributed by atoms with Crippen molar-refractivity contribution in [1.29, 1.82) is 5.26 Å². The van der Waals surface area contributed by atoms with Gasteiger partial charge in [0.15, 0.2) is 0 Å². The first kappa shape index (κ1) is 19.2. The number of carbonyl (C=O) groups excluding carboxylic acids is 1. The molecule has 0 unspecified atom stereocenters. The van der Waals surface area contributed by atoms with E-state index in [0.717, 1.165) is 48.7 Å². The third-order valence-electron chi connectivity index (χ3n) is 5.95. The molecular weight excluding hydrogens is 368 g/mol. The quantitative estimate of drug-likeness (QED) is 0.861. The lowest BCUT2D eigenvalue weighted by Crippen LogP contribution is -2.46. The molecule has 7 heteroatoms. The Bertz CT molecular complexity index is 1110. The Morgan fingerprint density at radius 1 is 1.14 bits per heavy atom. The molecule has 1 N–H and O–H groups in total. The van der Waals surface area contributed by atoms with E-state index in [1.54, 1.807) is 0 Å². The van der Waals surface area contributed by atoms with Gasteiger partial charge < -0.3 is 5.32 Å². The molecule has 1 aromatic carbocycles. The molecule has 1 amide bonds. The van der Waals surface area contributed by atoms with Crippen molar-refractivity contribution in [3.8, 4) is 6.07 Å². The number of aromatic nitrogens is 2. The third kappa shape index (κ3) is 3.63. The molecule has 0 saturated carbocycles. The molecule has 1 aliphatic heterocycles. The summed E-state index contributed by atoms with van der Waals surface area (Å²) in [5.74, 6) is -0.385. The monoisotopic (exact) mass is 392 g/mol. The predicted molar refractivity (Wildman–Crippen MR) is 107 cm³/mol. The highest BCUT2D eigenvalue weighted by atomic mass is 16.2. The molecule has 1 atom stereocenters. The van der Waals surface area contributed by atoms with E-state index in [9.17, 15) is 19.6 Å². The molecule has 0 fully saturated rings. The molecule has 2 aliphatic rings. The van der Waals surface area contributed by atoms with Crippen LogP contribution in [0.4, 0.5) is 0 Å². The van der Waals surface area contributed by atoms with Gasteiger partial charge in [0.05, 0.1) is 6.04 Å². The van der Waals surface area contributed by atoms with Crippen LogP contribution in [0.25, 0.3) is 0 Å². The summed E-state index contributed by atoms with van der Waals surface area (Å²) in [7, 11) is 0. The number of hydrogen-bond donors (Lipinski definition) is 1. The third-order valence-corrected chi connectivity index (χ3v) is 5.95. The van der Waals surface area contributed by atoms with Crippen molar-refractivity contribution < 1.29 is 4.79 Å². The molecule has 0 spiro atoms. The van der Waals surface area contributed by atoms with Crippen LogP contribution in [0.2, 0.25) is 0 Å². The number of nitrogens with one attached hydrogen (secondary N) is 1. The second-order valence-corrected chi connectivity index (χ2v) is 7.78.